The zero-order valence-corrected chi connectivity index (χ0v) is 13.5. The molecule has 0 radical (unpaired) electrons. The van der Waals surface area contributed by atoms with E-state index < -0.39 is 13.9 Å². The van der Waals surface area contributed by atoms with Gasteiger partial charge in [-0.1, -0.05) is 43.2 Å². The Labute approximate surface area is 124 Å². The van der Waals surface area contributed by atoms with Crippen LogP contribution in [0.3, 0.4) is 0 Å². The van der Waals surface area contributed by atoms with E-state index in [9.17, 15) is 4.39 Å². The van der Waals surface area contributed by atoms with Crippen molar-refractivity contribution in [1.82, 2.24) is 9.78 Å². The highest BCUT2D eigenvalue weighted by molar-refractivity contribution is 6.83. The van der Waals surface area contributed by atoms with Gasteiger partial charge in [0.25, 0.3) is 0 Å². The molecule has 2 rings (SSSR count). The van der Waals surface area contributed by atoms with Crippen LogP contribution < -0.4 is 0 Å². The van der Waals surface area contributed by atoms with E-state index in [1.165, 1.54) is 6.07 Å². The van der Waals surface area contributed by atoms with Crippen LogP contribution >= 0.6 is 11.6 Å². The van der Waals surface area contributed by atoms with Gasteiger partial charge in [0.1, 0.15) is 19.6 Å². The van der Waals surface area contributed by atoms with E-state index in [0.29, 0.717) is 6.54 Å². The van der Waals surface area contributed by atoms with Crippen LogP contribution in [-0.4, -0.2) is 17.9 Å². The highest BCUT2D eigenvalue weighted by atomic mass is 35.5. The summed E-state index contributed by atoms with van der Waals surface area (Å²) in [5, 5.41) is 4.37. The lowest BCUT2D eigenvalue weighted by molar-refractivity contribution is 0.619. The van der Waals surface area contributed by atoms with Gasteiger partial charge in [0, 0.05) is 0 Å². The van der Waals surface area contributed by atoms with Crippen molar-refractivity contribution in [3.05, 3.63) is 52.6 Å². The molecule has 0 N–H and O–H groups in total. The first-order valence-corrected chi connectivity index (χ1v) is 10.2. The Morgan fingerprint density at radius 1 is 1.30 bits per heavy atom. The lowest BCUT2D eigenvalue weighted by Crippen LogP contribution is -2.16. The number of aromatic nitrogens is 2. The molecular weight excluding hydrogens is 291 g/mol. The zero-order chi connectivity index (χ0) is 14.8. The molecule has 2 aromatic rings. The molecule has 0 amide bonds. The van der Waals surface area contributed by atoms with Gasteiger partial charge in [-0.15, -0.1) is 5.54 Å². The maximum Gasteiger partial charge on any atom is 0.142 e. The fourth-order valence-corrected chi connectivity index (χ4v) is 2.25. The molecule has 0 unspecified atom stereocenters. The van der Waals surface area contributed by atoms with Crippen LogP contribution in [-0.2, 0) is 6.54 Å². The minimum Gasteiger partial charge on any atom is -0.253 e. The standard InChI is InChI=1S/C15H16ClFN2Si/c1-20(2,3)9-7-13-6-8-18-19(13)11-12-4-5-14(16)15(17)10-12/h4-6,8,10H,11H2,1-3H3. The molecule has 0 bridgehead atoms. The summed E-state index contributed by atoms with van der Waals surface area (Å²) in [6.45, 7) is 7.05. The second-order valence-corrected chi connectivity index (χ2v) is 10.8. The third-order valence-corrected chi connectivity index (χ3v) is 3.78. The van der Waals surface area contributed by atoms with E-state index in [4.69, 9.17) is 11.6 Å². The van der Waals surface area contributed by atoms with Gasteiger partial charge in [-0.2, -0.15) is 5.10 Å². The fourth-order valence-electron chi connectivity index (χ4n) is 1.63. The first-order valence-electron chi connectivity index (χ1n) is 6.34. The molecule has 2 nitrogen and oxygen atoms in total. The minimum absolute atomic E-state index is 0.132. The van der Waals surface area contributed by atoms with Gasteiger partial charge < -0.3 is 0 Å². The molecule has 5 heteroatoms. The molecule has 0 saturated carbocycles. The zero-order valence-electron chi connectivity index (χ0n) is 11.7. The molecular formula is C15H16ClFN2Si. The van der Waals surface area contributed by atoms with Crippen LogP contribution in [0.4, 0.5) is 4.39 Å². The molecule has 0 aliphatic carbocycles. The lowest BCUT2D eigenvalue weighted by Gasteiger charge is -2.06. The largest absolute Gasteiger partial charge is 0.253 e. The first-order chi connectivity index (χ1) is 9.35. The van der Waals surface area contributed by atoms with Crippen molar-refractivity contribution < 1.29 is 4.39 Å². The summed E-state index contributed by atoms with van der Waals surface area (Å²) in [7, 11) is -1.42. The molecule has 0 atom stereocenters. The summed E-state index contributed by atoms with van der Waals surface area (Å²) in [6, 6.07) is 6.66. The Bertz CT molecular complexity index is 677. The summed E-state index contributed by atoms with van der Waals surface area (Å²) in [5.74, 6) is 2.76. The molecule has 1 heterocycles. The normalized spacial score (nSPS) is 11.1. The lowest BCUT2D eigenvalue weighted by atomic mass is 10.2. The molecule has 0 saturated heterocycles. The van der Waals surface area contributed by atoms with Crippen molar-refractivity contribution in [1.29, 1.82) is 0 Å². The van der Waals surface area contributed by atoms with Crippen LogP contribution in [0.5, 0.6) is 0 Å². The molecule has 1 aromatic heterocycles. The molecule has 1 aromatic carbocycles. The van der Waals surface area contributed by atoms with Crippen LogP contribution in [0.1, 0.15) is 11.3 Å². The number of rotatable bonds is 2. The van der Waals surface area contributed by atoms with Crippen LogP contribution in [0.2, 0.25) is 24.7 Å². The van der Waals surface area contributed by atoms with Crippen molar-refractivity contribution in [2.45, 2.75) is 26.2 Å². The third-order valence-electron chi connectivity index (χ3n) is 2.60. The Morgan fingerprint density at radius 2 is 2.05 bits per heavy atom. The summed E-state index contributed by atoms with van der Waals surface area (Å²) >= 11 is 5.68. The summed E-state index contributed by atoms with van der Waals surface area (Å²) in [6.07, 6.45) is 1.71. The van der Waals surface area contributed by atoms with Crippen LogP contribution in [0, 0.1) is 17.3 Å². The number of hydrogen-bond acceptors (Lipinski definition) is 1. The monoisotopic (exact) mass is 306 g/mol. The van der Waals surface area contributed by atoms with E-state index in [0.717, 1.165) is 11.3 Å². The molecule has 0 spiro atoms. The Morgan fingerprint density at radius 3 is 2.70 bits per heavy atom. The smallest absolute Gasteiger partial charge is 0.142 e. The summed E-state index contributed by atoms with van der Waals surface area (Å²) in [5.41, 5.74) is 4.97. The minimum atomic E-state index is -1.42. The second-order valence-electron chi connectivity index (χ2n) is 5.62. The van der Waals surface area contributed by atoms with Gasteiger partial charge in [0.05, 0.1) is 17.8 Å². The number of halogens is 2. The average Bonchev–Trinajstić information content (AvgIpc) is 2.78. The van der Waals surface area contributed by atoms with Gasteiger partial charge in [0.2, 0.25) is 0 Å². The predicted octanol–water partition coefficient (Wildman–Crippen LogP) is 3.95. The van der Waals surface area contributed by atoms with Crippen LogP contribution in [0.25, 0.3) is 0 Å². The van der Waals surface area contributed by atoms with Gasteiger partial charge in [-0.05, 0) is 23.8 Å². The molecule has 104 valence electrons. The summed E-state index contributed by atoms with van der Waals surface area (Å²) < 4.78 is 15.2. The fraction of sp³-hybridized carbons (Fsp3) is 0.267. The van der Waals surface area contributed by atoms with Gasteiger partial charge in [0.15, 0.2) is 0 Å². The van der Waals surface area contributed by atoms with Gasteiger partial charge in [-0.3, -0.25) is 4.68 Å². The van der Waals surface area contributed by atoms with E-state index >= 15 is 0 Å². The van der Waals surface area contributed by atoms with E-state index in [2.05, 4.69) is 36.2 Å². The van der Waals surface area contributed by atoms with Crippen molar-refractivity contribution >= 4 is 19.7 Å². The SMILES string of the molecule is C[Si](C)(C)C#Cc1ccnn1Cc1ccc(Cl)c(F)c1. The Kier molecular flexibility index (Phi) is 4.31. The number of nitrogens with zero attached hydrogens (tertiary/aromatic N) is 2. The Hall–Kier alpha value is -1.57. The van der Waals surface area contributed by atoms with E-state index in [1.54, 1.807) is 23.0 Å². The first kappa shape index (κ1) is 14.8. The van der Waals surface area contributed by atoms with E-state index in [1.807, 2.05) is 6.07 Å². The van der Waals surface area contributed by atoms with E-state index in [-0.39, 0.29) is 5.02 Å². The summed E-state index contributed by atoms with van der Waals surface area (Å²) in [4.78, 5) is 0. The maximum atomic E-state index is 13.4. The quantitative estimate of drug-likeness (QED) is 0.607. The van der Waals surface area contributed by atoms with Crippen molar-refractivity contribution in [2.24, 2.45) is 0 Å². The Balaban J connectivity index is 2.24. The molecule has 0 aliphatic rings. The predicted molar refractivity (Wildman–Crippen MR) is 83.0 cm³/mol. The maximum absolute atomic E-state index is 13.4. The van der Waals surface area contributed by atoms with Crippen molar-refractivity contribution in [3.8, 4) is 11.5 Å². The molecule has 0 fully saturated rings. The average molecular weight is 307 g/mol. The highest BCUT2D eigenvalue weighted by Gasteiger charge is 2.09. The van der Waals surface area contributed by atoms with Gasteiger partial charge >= 0.3 is 0 Å². The third kappa shape index (κ3) is 3.96. The van der Waals surface area contributed by atoms with Crippen molar-refractivity contribution in [2.75, 3.05) is 0 Å². The molecule has 20 heavy (non-hydrogen) atoms. The number of benzene rings is 1. The van der Waals surface area contributed by atoms with Gasteiger partial charge in [-0.25, -0.2) is 4.39 Å². The highest BCUT2D eigenvalue weighted by Crippen LogP contribution is 2.16. The van der Waals surface area contributed by atoms with Crippen molar-refractivity contribution in [3.63, 3.8) is 0 Å². The topological polar surface area (TPSA) is 17.8 Å². The van der Waals surface area contributed by atoms with Crippen LogP contribution in [0.15, 0.2) is 30.5 Å². The second kappa shape index (κ2) is 5.82. The molecule has 0 aliphatic heterocycles. The number of hydrogen-bond donors (Lipinski definition) is 0.